The Morgan fingerprint density at radius 3 is 2.23 bits per heavy atom. The van der Waals surface area contributed by atoms with Crippen LogP contribution >= 0.6 is 11.6 Å². The number of hydrogen-bond donors (Lipinski definition) is 0. The fourth-order valence-corrected chi connectivity index (χ4v) is 3.11. The zero-order chi connectivity index (χ0) is 22.5. The molecule has 0 bridgehead atoms. The van der Waals surface area contributed by atoms with E-state index in [9.17, 15) is 22.0 Å². The van der Waals surface area contributed by atoms with Crippen LogP contribution in [0.4, 0.5) is 22.0 Å². The predicted molar refractivity (Wildman–Crippen MR) is 112 cm³/mol. The Balaban J connectivity index is 1.75. The lowest BCUT2D eigenvalue weighted by atomic mass is 10.0. The molecule has 0 amide bonds. The molecule has 31 heavy (non-hydrogen) atoms. The van der Waals surface area contributed by atoms with Gasteiger partial charge in [-0.2, -0.15) is 0 Å². The van der Waals surface area contributed by atoms with Crippen molar-refractivity contribution in [1.82, 2.24) is 4.98 Å². The van der Waals surface area contributed by atoms with Crippen LogP contribution in [0.5, 0.6) is 0 Å². The molecular formula is C24H17ClF5N. The third kappa shape index (κ3) is 5.39. The number of benzene rings is 2. The zero-order valence-corrected chi connectivity index (χ0v) is 17.2. The van der Waals surface area contributed by atoms with Crippen LogP contribution in [0.15, 0.2) is 66.6 Å². The number of nitrogens with zero attached hydrogens (tertiary/aromatic N) is 1. The number of halogens is 6. The van der Waals surface area contributed by atoms with Gasteiger partial charge in [0.05, 0.1) is 0 Å². The van der Waals surface area contributed by atoms with E-state index >= 15 is 0 Å². The summed E-state index contributed by atoms with van der Waals surface area (Å²) in [4.78, 5) is 4.25. The van der Waals surface area contributed by atoms with E-state index < -0.39 is 34.1 Å². The van der Waals surface area contributed by atoms with E-state index in [1.807, 2.05) is 0 Å². The highest BCUT2D eigenvalue weighted by atomic mass is 35.5. The fraction of sp³-hybridized carbons (Fsp3) is 0.125. The van der Waals surface area contributed by atoms with Gasteiger partial charge in [-0.1, -0.05) is 35.9 Å². The van der Waals surface area contributed by atoms with Crippen molar-refractivity contribution >= 4 is 17.4 Å². The van der Waals surface area contributed by atoms with Crippen molar-refractivity contribution in [3.8, 4) is 11.1 Å². The number of aryl methyl sites for hydroxylation is 2. The molecule has 0 atom stereocenters. The van der Waals surface area contributed by atoms with Crippen molar-refractivity contribution in [2.75, 3.05) is 0 Å². The second-order valence-electron chi connectivity index (χ2n) is 6.77. The highest BCUT2D eigenvalue weighted by Gasteiger charge is 2.13. The van der Waals surface area contributed by atoms with E-state index in [1.165, 1.54) is 36.5 Å². The second-order valence-corrected chi connectivity index (χ2v) is 7.15. The minimum absolute atomic E-state index is 0.184. The lowest BCUT2D eigenvalue weighted by Gasteiger charge is -2.08. The SMILES string of the molecule is C/C=C/C(F)=C(\F)c1ccc(-c2ccc(CCc3cc(F)c(Cl)c(F)c3)nc2)c(F)c1. The normalized spacial score (nSPS) is 12.4. The summed E-state index contributed by atoms with van der Waals surface area (Å²) < 4.78 is 69.1. The van der Waals surface area contributed by atoms with E-state index in [1.54, 1.807) is 19.1 Å². The van der Waals surface area contributed by atoms with E-state index in [2.05, 4.69) is 4.98 Å². The highest BCUT2D eigenvalue weighted by molar-refractivity contribution is 6.30. The van der Waals surface area contributed by atoms with Crippen LogP contribution in [0.2, 0.25) is 5.02 Å². The van der Waals surface area contributed by atoms with Crippen LogP contribution in [0.25, 0.3) is 17.0 Å². The number of rotatable bonds is 6. The van der Waals surface area contributed by atoms with Crippen molar-refractivity contribution in [3.63, 3.8) is 0 Å². The molecule has 0 unspecified atom stereocenters. The first-order valence-corrected chi connectivity index (χ1v) is 9.74. The Kier molecular flexibility index (Phi) is 7.23. The molecular weight excluding hydrogens is 433 g/mol. The molecule has 0 fully saturated rings. The van der Waals surface area contributed by atoms with E-state index in [0.29, 0.717) is 29.7 Å². The Morgan fingerprint density at radius 2 is 1.65 bits per heavy atom. The molecule has 0 aliphatic heterocycles. The van der Waals surface area contributed by atoms with E-state index in [0.717, 1.165) is 12.1 Å². The monoisotopic (exact) mass is 449 g/mol. The number of hydrogen-bond acceptors (Lipinski definition) is 1. The Morgan fingerprint density at radius 1 is 0.935 bits per heavy atom. The van der Waals surface area contributed by atoms with Crippen molar-refractivity contribution in [2.24, 2.45) is 0 Å². The molecule has 3 aromatic rings. The Bertz CT molecular complexity index is 1130. The second kappa shape index (κ2) is 9.88. The van der Waals surface area contributed by atoms with Gasteiger partial charge in [-0.25, -0.2) is 22.0 Å². The van der Waals surface area contributed by atoms with Crippen LogP contribution in [0.3, 0.4) is 0 Å². The minimum Gasteiger partial charge on any atom is -0.261 e. The van der Waals surface area contributed by atoms with Crippen molar-refractivity contribution in [2.45, 2.75) is 19.8 Å². The van der Waals surface area contributed by atoms with Crippen molar-refractivity contribution in [1.29, 1.82) is 0 Å². The van der Waals surface area contributed by atoms with Crippen LogP contribution < -0.4 is 0 Å². The Labute approximate surface area is 181 Å². The highest BCUT2D eigenvalue weighted by Crippen LogP contribution is 2.29. The minimum atomic E-state index is -1.15. The maximum atomic E-state index is 14.5. The van der Waals surface area contributed by atoms with Gasteiger partial charge >= 0.3 is 0 Å². The van der Waals surface area contributed by atoms with Gasteiger partial charge in [-0.3, -0.25) is 4.98 Å². The summed E-state index contributed by atoms with van der Waals surface area (Å²) in [5, 5.41) is -0.542. The molecule has 1 nitrogen and oxygen atoms in total. The van der Waals surface area contributed by atoms with E-state index in [4.69, 9.17) is 11.6 Å². The number of pyridine rings is 1. The smallest absolute Gasteiger partial charge is 0.166 e. The molecule has 7 heteroatoms. The third-order valence-electron chi connectivity index (χ3n) is 4.59. The quantitative estimate of drug-likeness (QED) is 0.212. The molecule has 160 valence electrons. The van der Waals surface area contributed by atoms with Crippen LogP contribution in [-0.2, 0) is 12.8 Å². The molecule has 0 saturated heterocycles. The fourth-order valence-electron chi connectivity index (χ4n) is 3.00. The largest absolute Gasteiger partial charge is 0.261 e. The molecule has 3 rings (SSSR count). The van der Waals surface area contributed by atoms with Gasteiger partial charge in [0.15, 0.2) is 11.7 Å². The Hall–Kier alpha value is -2.99. The molecule has 0 spiro atoms. The summed E-state index contributed by atoms with van der Waals surface area (Å²) in [6, 6.07) is 9.20. The van der Waals surface area contributed by atoms with Gasteiger partial charge in [-0.05, 0) is 55.7 Å². The van der Waals surface area contributed by atoms with Gasteiger partial charge < -0.3 is 0 Å². The number of allylic oxidation sites excluding steroid dienone is 3. The lowest BCUT2D eigenvalue weighted by Crippen LogP contribution is -1.97. The molecule has 2 aromatic carbocycles. The standard InChI is InChI=1S/C24H17ClF5N/c1-2-3-19(26)24(30)15-6-9-18(20(27)12-15)16-5-8-17(31-13-16)7-4-14-10-21(28)23(25)22(29)11-14/h2-3,5-6,8-13H,4,7H2,1H3/b3-2+,24-19+. The molecule has 1 heterocycles. The van der Waals surface area contributed by atoms with Crippen molar-refractivity contribution < 1.29 is 22.0 Å². The molecule has 0 aliphatic rings. The first kappa shape index (κ1) is 22.7. The molecule has 0 N–H and O–H groups in total. The summed E-state index contributed by atoms with van der Waals surface area (Å²) in [6.07, 6.45) is 4.48. The third-order valence-corrected chi connectivity index (χ3v) is 4.96. The van der Waals surface area contributed by atoms with Gasteiger partial charge in [0, 0.05) is 28.6 Å². The van der Waals surface area contributed by atoms with Crippen LogP contribution in [0.1, 0.15) is 23.7 Å². The van der Waals surface area contributed by atoms with Crippen molar-refractivity contribution in [3.05, 3.63) is 106 Å². The molecule has 1 aromatic heterocycles. The summed E-state index contributed by atoms with van der Waals surface area (Å²) in [6.45, 7) is 1.54. The summed E-state index contributed by atoms with van der Waals surface area (Å²) in [7, 11) is 0. The first-order chi connectivity index (χ1) is 14.8. The van der Waals surface area contributed by atoms with Crippen LogP contribution in [-0.4, -0.2) is 4.98 Å². The maximum absolute atomic E-state index is 14.5. The predicted octanol–water partition coefficient (Wildman–Crippen LogP) is 7.79. The average Bonchev–Trinajstić information content (AvgIpc) is 2.76. The summed E-state index contributed by atoms with van der Waals surface area (Å²) in [5.74, 6) is -4.60. The number of aromatic nitrogens is 1. The summed E-state index contributed by atoms with van der Waals surface area (Å²) >= 11 is 5.47. The molecule has 0 aliphatic carbocycles. The van der Waals surface area contributed by atoms with Gasteiger partial charge in [0.1, 0.15) is 22.5 Å². The molecule has 0 radical (unpaired) electrons. The maximum Gasteiger partial charge on any atom is 0.166 e. The van der Waals surface area contributed by atoms with Gasteiger partial charge in [0.2, 0.25) is 0 Å². The van der Waals surface area contributed by atoms with Crippen LogP contribution in [0, 0.1) is 17.5 Å². The first-order valence-electron chi connectivity index (χ1n) is 9.36. The van der Waals surface area contributed by atoms with Gasteiger partial charge in [-0.15, -0.1) is 0 Å². The molecule has 0 saturated carbocycles. The average molecular weight is 450 g/mol. The van der Waals surface area contributed by atoms with Gasteiger partial charge in [0.25, 0.3) is 0 Å². The summed E-state index contributed by atoms with van der Waals surface area (Å²) in [5.41, 5.74) is 1.51. The topological polar surface area (TPSA) is 12.9 Å². The zero-order valence-electron chi connectivity index (χ0n) is 16.4. The lowest BCUT2D eigenvalue weighted by molar-refractivity contribution is 0.580. The van der Waals surface area contributed by atoms with E-state index in [-0.39, 0.29) is 11.1 Å².